The Morgan fingerprint density at radius 3 is 1.17 bits per heavy atom. The second kappa shape index (κ2) is 2.66. The fourth-order valence-electron chi connectivity index (χ4n) is 0. The summed E-state index contributed by atoms with van der Waals surface area (Å²) in [6.45, 7) is 1.77. The van der Waals surface area contributed by atoms with Crippen LogP contribution >= 0.6 is 0 Å². The maximum absolute atomic E-state index is 10.2. The molecular formula is C2H2AgF3. The van der Waals surface area contributed by atoms with Crippen molar-refractivity contribution in [3.8, 4) is 0 Å². The SMILES string of the molecule is [Ag+].[CH2-]C(F)(F)F. The molecule has 0 heterocycles. The molecule has 0 aromatic carbocycles. The zero-order valence-corrected chi connectivity index (χ0v) is 4.12. The summed E-state index contributed by atoms with van der Waals surface area (Å²) in [6, 6.07) is 0. The van der Waals surface area contributed by atoms with E-state index in [0.29, 0.717) is 0 Å². The molecule has 0 aliphatic rings. The predicted molar refractivity (Wildman–Crippen MR) is 11.4 cm³/mol. The Bertz CT molecular complexity index is 24.3. The van der Waals surface area contributed by atoms with Crippen molar-refractivity contribution in [3.05, 3.63) is 6.92 Å². The molecule has 42 valence electrons. The molecular weight excluding hydrogens is 189 g/mol. The number of hydrogen-bond donors (Lipinski definition) is 0. The summed E-state index contributed by atoms with van der Waals surface area (Å²) in [5.74, 6) is 0. The van der Waals surface area contributed by atoms with Crippen molar-refractivity contribution >= 4 is 0 Å². The molecule has 0 rings (SSSR count). The van der Waals surface area contributed by atoms with Gasteiger partial charge in [0.05, 0.1) is 0 Å². The van der Waals surface area contributed by atoms with Crippen LogP contribution in [0.25, 0.3) is 0 Å². The number of hydrogen-bond acceptors (Lipinski definition) is 0. The van der Waals surface area contributed by atoms with Crippen molar-refractivity contribution in [2.75, 3.05) is 0 Å². The van der Waals surface area contributed by atoms with Crippen molar-refractivity contribution in [1.82, 2.24) is 0 Å². The van der Waals surface area contributed by atoms with Crippen LogP contribution in [0.4, 0.5) is 13.2 Å². The molecule has 0 aromatic heterocycles. The van der Waals surface area contributed by atoms with E-state index in [0.717, 1.165) is 0 Å². The smallest absolute Gasteiger partial charge is 0.241 e. The molecule has 0 atom stereocenters. The average Bonchev–Trinajstić information content (AvgIpc) is 0.722. The first kappa shape index (κ1) is 9.73. The van der Waals surface area contributed by atoms with Crippen molar-refractivity contribution in [3.63, 3.8) is 0 Å². The molecule has 0 unspecified atom stereocenters. The Hall–Kier alpha value is 0.530. The third-order valence-electron chi connectivity index (χ3n) is 0. The van der Waals surface area contributed by atoms with Crippen molar-refractivity contribution in [2.45, 2.75) is 6.18 Å². The van der Waals surface area contributed by atoms with Crippen LogP contribution in [0.3, 0.4) is 0 Å². The molecule has 6 heavy (non-hydrogen) atoms. The summed E-state index contributed by atoms with van der Waals surface area (Å²) in [6.07, 6.45) is -4.25. The van der Waals surface area contributed by atoms with Crippen molar-refractivity contribution in [2.24, 2.45) is 0 Å². The van der Waals surface area contributed by atoms with Gasteiger partial charge in [0, 0.05) is 0 Å². The molecule has 0 aliphatic carbocycles. The number of alkyl halides is 3. The van der Waals surface area contributed by atoms with E-state index >= 15 is 0 Å². The molecule has 0 bridgehead atoms. The van der Waals surface area contributed by atoms with Crippen LogP contribution in [0.15, 0.2) is 0 Å². The number of halogens is 3. The first-order chi connectivity index (χ1) is 2.00. The molecule has 0 N–H and O–H groups in total. The molecule has 0 saturated heterocycles. The predicted octanol–water partition coefficient (Wildman–Crippen LogP) is 1.38. The van der Waals surface area contributed by atoms with Crippen LogP contribution in [0.5, 0.6) is 0 Å². The second-order valence-electron chi connectivity index (χ2n) is 0.615. The van der Waals surface area contributed by atoms with Gasteiger partial charge in [0.15, 0.2) is 0 Å². The minimum Gasteiger partial charge on any atom is -0.241 e. The summed E-state index contributed by atoms with van der Waals surface area (Å²) < 4.78 is 30.7. The fourth-order valence-corrected chi connectivity index (χ4v) is 0. The third-order valence-corrected chi connectivity index (χ3v) is 0. The summed E-state index contributed by atoms with van der Waals surface area (Å²) in [5, 5.41) is 0. The molecule has 4 heteroatoms. The van der Waals surface area contributed by atoms with E-state index in [1.807, 2.05) is 0 Å². The third kappa shape index (κ3) is 201. The van der Waals surface area contributed by atoms with Gasteiger partial charge in [-0.3, -0.25) is 0 Å². The van der Waals surface area contributed by atoms with Gasteiger partial charge in [-0.1, -0.05) is 0 Å². The Morgan fingerprint density at radius 2 is 1.17 bits per heavy atom. The fraction of sp³-hybridized carbons (Fsp3) is 0.500. The van der Waals surface area contributed by atoms with E-state index in [9.17, 15) is 13.2 Å². The standard InChI is InChI=1S/C2H2F3.Ag/c1-2(3,4)5;/h1H2;/q-1;+1. The van der Waals surface area contributed by atoms with Crippen LogP contribution in [0.2, 0.25) is 0 Å². The van der Waals surface area contributed by atoms with Crippen LogP contribution < -0.4 is 0 Å². The van der Waals surface area contributed by atoms with Crippen molar-refractivity contribution < 1.29 is 35.6 Å². The molecule has 0 nitrogen and oxygen atoms in total. The minimum absolute atomic E-state index is 0. The average molecular weight is 191 g/mol. The molecule has 0 saturated carbocycles. The largest absolute Gasteiger partial charge is 1.00 e. The first-order valence-electron chi connectivity index (χ1n) is 0.921. The van der Waals surface area contributed by atoms with Gasteiger partial charge in [0.1, 0.15) is 0 Å². The van der Waals surface area contributed by atoms with Gasteiger partial charge in [-0.25, -0.2) is 20.1 Å². The van der Waals surface area contributed by atoms with Crippen LogP contribution in [-0.4, -0.2) is 6.18 Å². The maximum Gasteiger partial charge on any atom is 1.00 e. The second-order valence-corrected chi connectivity index (χ2v) is 0.615. The summed E-state index contributed by atoms with van der Waals surface area (Å²) in [5.41, 5.74) is 0. The molecule has 0 amide bonds. The van der Waals surface area contributed by atoms with E-state index in [1.165, 1.54) is 0 Å². The van der Waals surface area contributed by atoms with Gasteiger partial charge in [-0.2, -0.15) is 0 Å². The number of rotatable bonds is 0. The molecule has 0 aliphatic heterocycles. The summed E-state index contributed by atoms with van der Waals surface area (Å²) >= 11 is 0. The van der Waals surface area contributed by atoms with E-state index in [2.05, 4.69) is 0 Å². The topological polar surface area (TPSA) is 0 Å². The maximum atomic E-state index is 10.2. The first-order valence-corrected chi connectivity index (χ1v) is 0.921. The monoisotopic (exact) mass is 190 g/mol. The molecule has 0 radical (unpaired) electrons. The minimum atomic E-state index is -4.25. The zero-order valence-electron chi connectivity index (χ0n) is 2.64. The molecule has 0 fully saturated rings. The van der Waals surface area contributed by atoms with Gasteiger partial charge in [0.25, 0.3) is 6.18 Å². The van der Waals surface area contributed by atoms with Crippen LogP contribution in [-0.2, 0) is 22.4 Å². The van der Waals surface area contributed by atoms with Gasteiger partial charge in [0.2, 0.25) is 0 Å². The van der Waals surface area contributed by atoms with Crippen LogP contribution in [0, 0.1) is 6.92 Å². The summed E-state index contributed by atoms with van der Waals surface area (Å²) in [7, 11) is 0. The Morgan fingerprint density at radius 1 is 1.17 bits per heavy atom. The Labute approximate surface area is 49.2 Å². The molecule has 0 spiro atoms. The van der Waals surface area contributed by atoms with E-state index in [-0.39, 0.29) is 22.4 Å². The van der Waals surface area contributed by atoms with Crippen LogP contribution in [0.1, 0.15) is 0 Å². The Balaban J connectivity index is 0. The van der Waals surface area contributed by atoms with Gasteiger partial charge in [-0.15, -0.1) is 0 Å². The van der Waals surface area contributed by atoms with Gasteiger partial charge in [-0.05, 0) is 0 Å². The summed E-state index contributed by atoms with van der Waals surface area (Å²) in [4.78, 5) is 0. The van der Waals surface area contributed by atoms with E-state index in [1.54, 1.807) is 6.92 Å². The Kier molecular flexibility index (Phi) is 4.32. The van der Waals surface area contributed by atoms with Gasteiger partial charge < -0.3 is 0 Å². The van der Waals surface area contributed by atoms with E-state index in [4.69, 9.17) is 0 Å². The van der Waals surface area contributed by atoms with E-state index < -0.39 is 6.18 Å². The van der Waals surface area contributed by atoms with Gasteiger partial charge >= 0.3 is 22.4 Å². The molecule has 0 aromatic rings. The quantitative estimate of drug-likeness (QED) is 0.400. The normalized spacial score (nSPS) is 10.0. The zero-order chi connectivity index (χ0) is 4.50. The van der Waals surface area contributed by atoms with Crippen molar-refractivity contribution in [1.29, 1.82) is 0 Å².